The molecule has 0 bridgehead atoms. The second-order valence-corrected chi connectivity index (χ2v) is 2.63. The Morgan fingerprint density at radius 3 is 1.45 bits per heavy atom. The van der Waals surface area contributed by atoms with Gasteiger partial charge in [0.25, 0.3) is 0 Å². The van der Waals surface area contributed by atoms with Crippen LogP contribution >= 0.6 is 0 Å². The van der Waals surface area contributed by atoms with E-state index in [0.717, 1.165) is 0 Å². The number of hydrogen-bond acceptors (Lipinski definition) is 3. The van der Waals surface area contributed by atoms with Crippen LogP contribution in [-0.4, -0.2) is 47.1 Å². The van der Waals surface area contributed by atoms with Crippen LogP contribution < -0.4 is 0 Å². The number of hydrogen-bond donors (Lipinski definition) is 2. The summed E-state index contributed by atoms with van der Waals surface area (Å²) in [7, 11) is -4.67. The second-order valence-electron chi connectivity index (χ2n) is 1.73. The van der Waals surface area contributed by atoms with E-state index in [-0.39, 0.29) is 35.5 Å². The van der Waals surface area contributed by atoms with Gasteiger partial charge in [0.2, 0.25) is 0 Å². The van der Waals surface area contributed by atoms with Gasteiger partial charge >= 0.3 is 40.0 Å². The maximum atomic E-state index is 8.74. The third-order valence-electron chi connectivity index (χ3n) is 0.258. The fraction of sp³-hybridized carbons (Fsp3) is 0.750. The van der Waals surface area contributed by atoms with Gasteiger partial charge in [-0.15, -0.1) is 0 Å². The molecule has 2 N–H and O–H groups in total. The van der Waals surface area contributed by atoms with E-state index in [1.54, 1.807) is 0 Å². The summed E-state index contributed by atoms with van der Waals surface area (Å²) >= 11 is 0. The van der Waals surface area contributed by atoms with Gasteiger partial charge in [0, 0.05) is 5.92 Å². The average molecular weight is 191 g/mol. The van der Waals surface area contributed by atoms with E-state index < -0.39 is 10.4 Å². The van der Waals surface area contributed by atoms with Crippen LogP contribution in [0.5, 0.6) is 0 Å². The Bertz CT molecular complexity index is 197. The van der Waals surface area contributed by atoms with E-state index in [0.29, 0.717) is 0 Å². The first-order chi connectivity index (χ1) is 4.27. The van der Waals surface area contributed by atoms with E-state index in [2.05, 4.69) is 0 Å². The minimum atomic E-state index is -4.67. The molecule has 0 atom stereocenters. The monoisotopic (exact) mass is 191 g/mol. The van der Waals surface area contributed by atoms with Gasteiger partial charge in [0.15, 0.2) is 0 Å². The molecule has 0 spiro atoms. The van der Waals surface area contributed by atoms with Gasteiger partial charge < -0.3 is 0 Å². The zero-order valence-corrected chi connectivity index (χ0v) is 6.46. The van der Waals surface area contributed by atoms with E-state index in [1.807, 2.05) is 19.9 Å². The van der Waals surface area contributed by atoms with Crippen LogP contribution in [0, 0.1) is 17.2 Å². The van der Waals surface area contributed by atoms with Crippen LogP contribution in [0.25, 0.3) is 0 Å². The van der Waals surface area contributed by atoms with Crippen molar-refractivity contribution in [2.75, 3.05) is 0 Å². The number of nitriles is 1. The van der Waals surface area contributed by atoms with Gasteiger partial charge in [-0.05, 0) is 13.8 Å². The first-order valence-electron chi connectivity index (χ1n) is 2.37. The zero-order chi connectivity index (χ0) is 8.78. The molecule has 5 nitrogen and oxygen atoms in total. The molecule has 0 aromatic carbocycles. The SMILES string of the molecule is CC(C)C#N.O=S(=O)(O)O.[NaH]. The molecule has 0 unspecified atom stereocenters. The van der Waals surface area contributed by atoms with Gasteiger partial charge in [-0.3, -0.25) is 9.11 Å². The Labute approximate surface area is 88.3 Å². The molecule has 0 heterocycles. The molecule has 0 aliphatic heterocycles. The average Bonchev–Trinajstić information content (AvgIpc) is 1.61. The molecule has 0 saturated carbocycles. The summed E-state index contributed by atoms with van der Waals surface area (Å²) in [6, 6.07) is 2.03. The molecular weight excluding hydrogens is 181 g/mol. The normalized spacial score (nSPS) is 8.73. The van der Waals surface area contributed by atoms with Crippen molar-refractivity contribution in [1.29, 1.82) is 5.26 Å². The summed E-state index contributed by atoms with van der Waals surface area (Å²) in [4.78, 5) is 0. The van der Waals surface area contributed by atoms with Crippen molar-refractivity contribution < 1.29 is 17.5 Å². The molecule has 0 aromatic rings. The van der Waals surface area contributed by atoms with Gasteiger partial charge in [-0.1, -0.05) is 0 Å². The zero-order valence-electron chi connectivity index (χ0n) is 5.64. The van der Waals surface area contributed by atoms with Gasteiger partial charge in [-0.25, -0.2) is 0 Å². The number of nitrogens with zero attached hydrogens (tertiary/aromatic N) is 1. The van der Waals surface area contributed by atoms with E-state index >= 15 is 0 Å². The van der Waals surface area contributed by atoms with Crippen molar-refractivity contribution in [3.8, 4) is 6.07 Å². The Balaban J connectivity index is -0.000000107. The molecule has 0 fully saturated rings. The van der Waals surface area contributed by atoms with Crippen molar-refractivity contribution in [2.45, 2.75) is 13.8 Å². The van der Waals surface area contributed by atoms with Gasteiger partial charge in [0.1, 0.15) is 0 Å². The molecule has 0 aliphatic carbocycles. The molecule has 7 heteroatoms. The predicted molar refractivity (Wildman–Crippen MR) is 41.8 cm³/mol. The first kappa shape index (κ1) is 17.4. The van der Waals surface area contributed by atoms with E-state index in [1.165, 1.54) is 0 Å². The van der Waals surface area contributed by atoms with Gasteiger partial charge in [-0.2, -0.15) is 13.7 Å². The first-order valence-corrected chi connectivity index (χ1v) is 3.76. The van der Waals surface area contributed by atoms with Crippen LogP contribution in [0.1, 0.15) is 13.8 Å². The van der Waals surface area contributed by atoms with Crippen molar-refractivity contribution in [2.24, 2.45) is 5.92 Å². The summed E-state index contributed by atoms with van der Waals surface area (Å²) in [5, 5.41) is 7.89. The Kier molecular flexibility index (Phi) is 13.4. The summed E-state index contributed by atoms with van der Waals surface area (Å²) in [6.45, 7) is 3.72. The fourth-order valence-corrected chi connectivity index (χ4v) is 0. The molecule has 0 radical (unpaired) electrons. The van der Waals surface area contributed by atoms with E-state index in [9.17, 15) is 0 Å². The third kappa shape index (κ3) is 130. The maximum absolute atomic E-state index is 8.74. The Morgan fingerprint density at radius 2 is 1.45 bits per heavy atom. The second kappa shape index (κ2) is 8.46. The fourth-order valence-electron chi connectivity index (χ4n) is 0. The van der Waals surface area contributed by atoms with Crippen LogP contribution in [0.3, 0.4) is 0 Å². The summed E-state index contributed by atoms with van der Waals surface area (Å²) in [6.07, 6.45) is 0. The van der Waals surface area contributed by atoms with Crippen molar-refractivity contribution in [3.05, 3.63) is 0 Å². The topological polar surface area (TPSA) is 98.4 Å². The molecule has 0 aromatic heterocycles. The molecule has 62 valence electrons. The summed E-state index contributed by atoms with van der Waals surface area (Å²) in [5.41, 5.74) is 0. The van der Waals surface area contributed by atoms with Gasteiger partial charge in [0.05, 0.1) is 6.07 Å². The van der Waals surface area contributed by atoms with Crippen LogP contribution in [-0.2, 0) is 10.4 Å². The standard InChI is InChI=1S/C4H7N.Na.H2O4S.H/c1-4(2)3-5;;1-5(2,3)4;/h4H,1-2H3;;(H2,1,2,3,4);. The molecular formula is C4H10NNaO4S. The number of rotatable bonds is 0. The predicted octanol–water partition coefficient (Wildman–Crippen LogP) is -0.135. The summed E-state index contributed by atoms with van der Waals surface area (Å²) < 4.78 is 31.6. The molecule has 11 heavy (non-hydrogen) atoms. The Morgan fingerprint density at radius 1 is 1.36 bits per heavy atom. The van der Waals surface area contributed by atoms with Crippen molar-refractivity contribution >= 4 is 40.0 Å². The van der Waals surface area contributed by atoms with Crippen LogP contribution in [0.4, 0.5) is 0 Å². The molecule has 0 saturated heterocycles. The Hall–Kier alpha value is 0.360. The summed E-state index contributed by atoms with van der Waals surface area (Å²) in [5.74, 6) is 0.190. The van der Waals surface area contributed by atoms with Crippen molar-refractivity contribution in [1.82, 2.24) is 0 Å². The quantitative estimate of drug-likeness (QED) is 0.410. The van der Waals surface area contributed by atoms with Crippen molar-refractivity contribution in [3.63, 3.8) is 0 Å². The van der Waals surface area contributed by atoms with Crippen LogP contribution in [0.2, 0.25) is 0 Å². The minimum absolute atomic E-state index is 0. The molecule has 0 amide bonds. The van der Waals surface area contributed by atoms with Crippen LogP contribution in [0.15, 0.2) is 0 Å². The molecule has 0 rings (SSSR count). The van der Waals surface area contributed by atoms with E-state index in [4.69, 9.17) is 22.8 Å². The molecule has 0 aliphatic rings. The third-order valence-corrected chi connectivity index (χ3v) is 0.258.